The second-order valence-corrected chi connectivity index (χ2v) is 8.15. The number of imidazole rings is 1. The van der Waals surface area contributed by atoms with Gasteiger partial charge in [0.25, 0.3) is 0 Å². The highest BCUT2D eigenvalue weighted by molar-refractivity contribution is 5.87. The van der Waals surface area contributed by atoms with Gasteiger partial charge in [-0.25, -0.2) is 9.37 Å². The van der Waals surface area contributed by atoms with Crippen molar-refractivity contribution in [2.24, 2.45) is 7.05 Å². The van der Waals surface area contributed by atoms with E-state index in [0.717, 1.165) is 41.1 Å². The van der Waals surface area contributed by atoms with Crippen LogP contribution in [0, 0.1) is 5.82 Å². The topological polar surface area (TPSA) is 50.2 Å². The molecular formula is C26H25FN4O. The number of para-hydroxylation sites is 1. The van der Waals surface area contributed by atoms with E-state index < -0.39 is 6.04 Å². The number of aromatic nitrogens is 2. The van der Waals surface area contributed by atoms with Crippen molar-refractivity contribution >= 4 is 22.6 Å². The first kappa shape index (κ1) is 20.2. The molecular weight excluding hydrogens is 403 g/mol. The molecule has 0 fully saturated rings. The normalized spacial score (nSPS) is 13.9. The van der Waals surface area contributed by atoms with E-state index in [0.29, 0.717) is 13.0 Å². The van der Waals surface area contributed by atoms with Gasteiger partial charge in [-0.05, 0) is 41.8 Å². The molecule has 1 aliphatic rings. The summed E-state index contributed by atoms with van der Waals surface area (Å²) in [5.74, 6) is 0.503. The molecule has 1 N–H and O–H groups in total. The molecule has 0 radical (unpaired) electrons. The van der Waals surface area contributed by atoms with Crippen molar-refractivity contribution < 1.29 is 9.18 Å². The van der Waals surface area contributed by atoms with Gasteiger partial charge in [-0.3, -0.25) is 4.79 Å². The van der Waals surface area contributed by atoms with Gasteiger partial charge in [0.05, 0.1) is 11.0 Å². The van der Waals surface area contributed by atoms with Crippen LogP contribution in [-0.4, -0.2) is 28.5 Å². The van der Waals surface area contributed by atoms with Crippen LogP contribution in [0.4, 0.5) is 10.1 Å². The minimum Gasteiger partial charge on any atom is -0.355 e. The smallest absolute Gasteiger partial charge is 0.247 e. The summed E-state index contributed by atoms with van der Waals surface area (Å²) < 4.78 is 15.5. The SMILES string of the molecule is Cn1c(CCNC(=O)C(c2ccccc2)N2CCc3ccccc32)nc2ccc(F)cc21. The number of benzene rings is 3. The van der Waals surface area contributed by atoms with Crippen LogP contribution in [0.25, 0.3) is 11.0 Å². The van der Waals surface area contributed by atoms with Gasteiger partial charge < -0.3 is 14.8 Å². The van der Waals surface area contributed by atoms with Gasteiger partial charge in [0, 0.05) is 32.2 Å². The third kappa shape index (κ3) is 3.73. The summed E-state index contributed by atoms with van der Waals surface area (Å²) in [4.78, 5) is 20.2. The van der Waals surface area contributed by atoms with Crippen LogP contribution in [0.2, 0.25) is 0 Å². The van der Waals surface area contributed by atoms with Gasteiger partial charge in [-0.15, -0.1) is 0 Å². The third-order valence-corrected chi connectivity index (χ3v) is 6.18. The predicted octanol–water partition coefficient (Wildman–Crippen LogP) is 4.18. The Bertz CT molecular complexity index is 1270. The van der Waals surface area contributed by atoms with Crippen molar-refractivity contribution in [3.63, 3.8) is 0 Å². The molecule has 3 aromatic carbocycles. The minimum absolute atomic E-state index is 0.0299. The number of nitrogens with one attached hydrogen (secondary N) is 1. The maximum atomic E-state index is 13.6. The lowest BCUT2D eigenvalue weighted by Gasteiger charge is -2.30. The van der Waals surface area contributed by atoms with E-state index >= 15 is 0 Å². The number of hydrogen-bond donors (Lipinski definition) is 1. The molecule has 1 aromatic heterocycles. The van der Waals surface area contributed by atoms with Crippen LogP contribution in [0.5, 0.6) is 0 Å². The van der Waals surface area contributed by atoms with Crippen molar-refractivity contribution in [1.29, 1.82) is 0 Å². The first-order valence-corrected chi connectivity index (χ1v) is 10.9. The maximum absolute atomic E-state index is 13.6. The van der Waals surface area contributed by atoms with Gasteiger partial charge in [0.15, 0.2) is 0 Å². The second-order valence-electron chi connectivity index (χ2n) is 8.15. The van der Waals surface area contributed by atoms with Crippen molar-refractivity contribution in [3.05, 3.63) is 95.6 Å². The highest BCUT2D eigenvalue weighted by atomic mass is 19.1. The van der Waals surface area contributed by atoms with Gasteiger partial charge in [-0.1, -0.05) is 48.5 Å². The quantitative estimate of drug-likeness (QED) is 0.501. The van der Waals surface area contributed by atoms with E-state index in [1.54, 1.807) is 6.07 Å². The summed E-state index contributed by atoms with van der Waals surface area (Å²) >= 11 is 0. The van der Waals surface area contributed by atoms with Crippen molar-refractivity contribution in [2.75, 3.05) is 18.0 Å². The van der Waals surface area contributed by atoms with Gasteiger partial charge in [0.1, 0.15) is 17.7 Å². The van der Waals surface area contributed by atoms with Crippen molar-refractivity contribution in [3.8, 4) is 0 Å². The van der Waals surface area contributed by atoms with Gasteiger partial charge >= 0.3 is 0 Å². The zero-order chi connectivity index (χ0) is 22.1. The number of rotatable bonds is 6. The molecule has 5 rings (SSSR count). The van der Waals surface area contributed by atoms with E-state index in [2.05, 4.69) is 27.3 Å². The zero-order valence-electron chi connectivity index (χ0n) is 18.0. The molecule has 2 heterocycles. The summed E-state index contributed by atoms with van der Waals surface area (Å²) in [6.45, 7) is 1.26. The Kier molecular flexibility index (Phi) is 5.35. The number of carbonyl (C=O) groups excluding carboxylic acids is 1. The van der Waals surface area contributed by atoms with Crippen molar-refractivity contribution in [2.45, 2.75) is 18.9 Å². The maximum Gasteiger partial charge on any atom is 0.247 e. The molecule has 0 aliphatic carbocycles. The molecule has 4 aromatic rings. The number of nitrogens with zero attached hydrogens (tertiary/aromatic N) is 3. The van der Waals surface area contributed by atoms with Crippen LogP contribution in [-0.2, 0) is 24.7 Å². The number of fused-ring (bicyclic) bond motifs is 2. The van der Waals surface area contributed by atoms with Crippen LogP contribution in [0.15, 0.2) is 72.8 Å². The molecule has 1 atom stereocenters. The Balaban J connectivity index is 1.34. The minimum atomic E-state index is -0.394. The molecule has 162 valence electrons. The van der Waals surface area contributed by atoms with Crippen LogP contribution < -0.4 is 10.2 Å². The number of halogens is 1. The Morgan fingerprint density at radius 2 is 1.88 bits per heavy atom. The first-order chi connectivity index (χ1) is 15.6. The highest BCUT2D eigenvalue weighted by Crippen LogP contribution is 2.35. The fourth-order valence-electron chi connectivity index (χ4n) is 4.57. The lowest BCUT2D eigenvalue weighted by atomic mass is 10.0. The lowest BCUT2D eigenvalue weighted by molar-refractivity contribution is -0.122. The van der Waals surface area contributed by atoms with Gasteiger partial charge in [-0.2, -0.15) is 0 Å². The first-order valence-electron chi connectivity index (χ1n) is 10.9. The molecule has 1 unspecified atom stereocenters. The van der Waals surface area contributed by atoms with Crippen molar-refractivity contribution in [1.82, 2.24) is 14.9 Å². The molecule has 0 saturated heterocycles. The summed E-state index contributed by atoms with van der Waals surface area (Å²) in [5, 5.41) is 3.11. The highest BCUT2D eigenvalue weighted by Gasteiger charge is 2.32. The largest absolute Gasteiger partial charge is 0.355 e. The fourth-order valence-corrected chi connectivity index (χ4v) is 4.57. The molecule has 1 aliphatic heterocycles. The molecule has 0 bridgehead atoms. The Morgan fingerprint density at radius 1 is 1.09 bits per heavy atom. The number of aryl methyl sites for hydroxylation is 1. The average molecular weight is 429 g/mol. The van der Waals surface area contributed by atoms with Crippen LogP contribution in [0.3, 0.4) is 0 Å². The number of hydrogen-bond acceptors (Lipinski definition) is 3. The van der Waals surface area contributed by atoms with Crippen LogP contribution >= 0.6 is 0 Å². The molecule has 5 nitrogen and oxygen atoms in total. The monoisotopic (exact) mass is 428 g/mol. The average Bonchev–Trinajstić information content (AvgIpc) is 3.36. The Labute approximate surface area is 186 Å². The van der Waals surface area contributed by atoms with Gasteiger partial charge in [0.2, 0.25) is 5.91 Å². The van der Waals surface area contributed by atoms with E-state index in [9.17, 15) is 9.18 Å². The molecule has 6 heteroatoms. The summed E-state index contributed by atoms with van der Waals surface area (Å²) in [5.41, 5.74) is 4.87. The Morgan fingerprint density at radius 3 is 2.72 bits per heavy atom. The molecule has 0 saturated carbocycles. The molecule has 0 spiro atoms. The predicted molar refractivity (Wildman–Crippen MR) is 124 cm³/mol. The van der Waals surface area contributed by atoms with E-state index in [1.807, 2.05) is 54.1 Å². The number of amides is 1. The van der Waals surface area contributed by atoms with E-state index in [1.165, 1.54) is 17.7 Å². The lowest BCUT2D eigenvalue weighted by Crippen LogP contribution is -2.40. The Hall–Kier alpha value is -3.67. The standard InChI is InChI=1S/C26H25FN4O/c1-30-23-17-20(27)11-12-21(23)29-24(30)13-15-28-26(32)25(19-8-3-2-4-9-19)31-16-14-18-7-5-6-10-22(18)31/h2-12,17,25H,13-16H2,1H3,(H,28,32). The van der Waals surface area contributed by atoms with E-state index in [4.69, 9.17) is 0 Å². The molecule has 1 amide bonds. The van der Waals surface area contributed by atoms with E-state index in [-0.39, 0.29) is 11.7 Å². The summed E-state index contributed by atoms with van der Waals surface area (Å²) in [7, 11) is 1.87. The second kappa shape index (κ2) is 8.46. The molecule has 32 heavy (non-hydrogen) atoms. The third-order valence-electron chi connectivity index (χ3n) is 6.18. The number of anilines is 1. The zero-order valence-corrected chi connectivity index (χ0v) is 18.0. The fraction of sp³-hybridized carbons (Fsp3) is 0.231. The summed E-state index contributed by atoms with van der Waals surface area (Å²) in [6, 6.07) is 22.4. The number of carbonyl (C=O) groups is 1. The van der Waals surface area contributed by atoms with Crippen LogP contribution in [0.1, 0.15) is 23.0 Å². The summed E-state index contributed by atoms with van der Waals surface area (Å²) in [6.07, 6.45) is 1.50.